The Balaban J connectivity index is 2.90. The van der Waals surface area contributed by atoms with E-state index >= 15 is 0 Å². The molecule has 1 aromatic rings. The highest BCUT2D eigenvalue weighted by atomic mass is 16.5. The van der Waals surface area contributed by atoms with E-state index in [1.54, 1.807) is 31.2 Å². The van der Waals surface area contributed by atoms with E-state index in [2.05, 4.69) is 5.16 Å². The van der Waals surface area contributed by atoms with Gasteiger partial charge in [0.25, 0.3) is 0 Å². The second-order valence-corrected chi connectivity index (χ2v) is 3.64. The van der Waals surface area contributed by atoms with Gasteiger partial charge in [-0.05, 0) is 37.1 Å². The van der Waals surface area contributed by atoms with Crippen LogP contribution in [0, 0.1) is 6.92 Å². The summed E-state index contributed by atoms with van der Waals surface area (Å²) >= 11 is 0. The molecule has 1 aromatic carbocycles. The fourth-order valence-corrected chi connectivity index (χ4v) is 1.43. The van der Waals surface area contributed by atoms with Crippen molar-refractivity contribution in [3.8, 4) is 0 Å². The van der Waals surface area contributed by atoms with Gasteiger partial charge in [0.1, 0.15) is 0 Å². The highest BCUT2D eigenvalue weighted by Crippen LogP contribution is 2.12. The maximum Gasteiger partial charge on any atom is 0.330 e. The number of rotatable bonds is 4. The van der Waals surface area contributed by atoms with E-state index in [0.717, 1.165) is 11.1 Å². The standard InChI is InChI=1S/C13H16N2O3/c1-3-18-12(16)7-6-10-4-5-11(8-9(10)2)13(14)15-17/h4-8,17H,3H2,1-2H3,(H2,14,15). The number of oxime groups is 1. The molecular formula is C13H16N2O3. The summed E-state index contributed by atoms with van der Waals surface area (Å²) in [6.07, 6.45) is 3.04. The molecule has 0 aromatic heterocycles. The van der Waals surface area contributed by atoms with Crippen LogP contribution in [0.2, 0.25) is 0 Å². The zero-order chi connectivity index (χ0) is 13.5. The minimum Gasteiger partial charge on any atom is -0.463 e. The number of ether oxygens (including phenoxy) is 1. The van der Waals surface area contributed by atoms with Crippen LogP contribution >= 0.6 is 0 Å². The first kappa shape index (κ1) is 13.8. The Labute approximate surface area is 106 Å². The molecule has 18 heavy (non-hydrogen) atoms. The molecule has 0 atom stereocenters. The lowest BCUT2D eigenvalue weighted by molar-refractivity contribution is -0.137. The van der Waals surface area contributed by atoms with E-state index in [-0.39, 0.29) is 11.8 Å². The quantitative estimate of drug-likeness (QED) is 0.212. The summed E-state index contributed by atoms with van der Waals surface area (Å²) in [7, 11) is 0. The van der Waals surface area contributed by atoms with Gasteiger partial charge in [-0.25, -0.2) is 4.79 Å². The van der Waals surface area contributed by atoms with Crippen LogP contribution in [-0.4, -0.2) is 23.6 Å². The highest BCUT2D eigenvalue weighted by molar-refractivity contribution is 5.97. The number of hydrogen-bond acceptors (Lipinski definition) is 4. The molecule has 3 N–H and O–H groups in total. The maximum atomic E-state index is 11.2. The van der Waals surface area contributed by atoms with Crippen molar-refractivity contribution in [3.63, 3.8) is 0 Å². The lowest BCUT2D eigenvalue weighted by Gasteiger charge is -2.04. The number of esters is 1. The van der Waals surface area contributed by atoms with Crippen molar-refractivity contribution < 1.29 is 14.7 Å². The van der Waals surface area contributed by atoms with E-state index in [1.807, 2.05) is 6.92 Å². The van der Waals surface area contributed by atoms with Crippen molar-refractivity contribution in [1.82, 2.24) is 0 Å². The Kier molecular flexibility index (Phi) is 4.92. The monoisotopic (exact) mass is 248 g/mol. The molecule has 0 amide bonds. The second-order valence-electron chi connectivity index (χ2n) is 3.64. The van der Waals surface area contributed by atoms with Gasteiger partial charge in [0.05, 0.1) is 6.61 Å². The molecule has 0 aliphatic heterocycles. The molecule has 5 heteroatoms. The van der Waals surface area contributed by atoms with Gasteiger partial charge in [-0.2, -0.15) is 0 Å². The van der Waals surface area contributed by atoms with Crippen LogP contribution in [0.15, 0.2) is 29.4 Å². The fraction of sp³-hybridized carbons (Fsp3) is 0.231. The molecule has 0 heterocycles. The minimum absolute atomic E-state index is 0.0547. The summed E-state index contributed by atoms with van der Waals surface area (Å²) in [5.74, 6) is -0.323. The lowest BCUT2D eigenvalue weighted by Crippen LogP contribution is -2.13. The van der Waals surface area contributed by atoms with Crippen LogP contribution in [0.3, 0.4) is 0 Å². The van der Waals surface area contributed by atoms with Crippen LogP contribution in [0.1, 0.15) is 23.6 Å². The Morgan fingerprint density at radius 2 is 2.28 bits per heavy atom. The average Bonchev–Trinajstić information content (AvgIpc) is 2.36. The van der Waals surface area contributed by atoms with Crippen molar-refractivity contribution in [2.45, 2.75) is 13.8 Å². The zero-order valence-corrected chi connectivity index (χ0v) is 10.4. The smallest absolute Gasteiger partial charge is 0.330 e. The number of carbonyl (C=O) groups excluding carboxylic acids is 1. The molecule has 0 fully saturated rings. The van der Waals surface area contributed by atoms with Gasteiger partial charge < -0.3 is 15.7 Å². The molecule has 0 spiro atoms. The van der Waals surface area contributed by atoms with Gasteiger partial charge >= 0.3 is 5.97 Å². The Morgan fingerprint density at radius 3 is 2.83 bits per heavy atom. The van der Waals surface area contributed by atoms with Gasteiger partial charge in [0.2, 0.25) is 0 Å². The Bertz CT molecular complexity index is 493. The third-order valence-electron chi connectivity index (χ3n) is 2.36. The van der Waals surface area contributed by atoms with Gasteiger partial charge in [-0.15, -0.1) is 0 Å². The van der Waals surface area contributed by atoms with Crippen molar-refractivity contribution in [2.24, 2.45) is 10.9 Å². The first-order valence-corrected chi connectivity index (χ1v) is 5.52. The highest BCUT2D eigenvalue weighted by Gasteiger charge is 2.02. The Morgan fingerprint density at radius 1 is 1.56 bits per heavy atom. The number of benzene rings is 1. The molecule has 0 radical (unpaired) electrons. The van der Waals surface area contributed by atoms with Crippen LogP contribution in [0.25, 0.3) is 6.08 Å². The van der Waals surface area contributed by atoms with Crippen molar-refractivity contribution in [1.29, 1.82) is 0 Å². The van der Waals surface area contributed by atoms with Crippen LogP contribution < -0.4 is 5.73 Å². The number of nitrogens with two attached hydrogens (primary N) is 1. The largest absolute Gasteiger partial charge is 0.463 e. The molecule has 0 aliphatic rings. The zero-order valence-electron chi connectivity index (χ0n) is 10.4. The van der Waals surface area contributed by atoms with E-state index in [1.165, 1.54) is 6.08 Å². The van der Waals surface area contributed by atoms with Crippen LogP contribution in [-0.2, 0) is 9.53 Å². The summed E-state index contributed by atoms with van der Waals surface area (Å²) in [4.78, 5) is 11.2. The summed E-state index contributed by atoms with van der Waals surface area (Å²) in [5, 5.41) is 11.5. The third-order valence-corrected chi connectivity index (χ3v) is 2.36. The molecule has 0 aliphatic carbocycles. The average molecular weight is 248 g/mol. The third kappa shape index (κ3) is 3.62. The maximum absolute atomic E-state index is 11.2. The molecule has 0 saturated heterocycles. The summed E-state index contributed by atoms with van der Waals surface area (Å²) in [6.45, 7) is 3.98. The van der Waals surface area contributed by atoms with E-state index in [4.69, 9.17) is 15.7 Å². The molecule has 0 unspecified atom stereocenters. The number of nitrogens with zero attached hydrogens (tertiary/aromatic N) is 1. The molecule has 5 nitrogen and oxygen atoms in total. The van der Waals surface area contributed by atoms with Crippen LogP contribution in [0.5, 0.6) is 0 Å². The SMILES string of the molecule is CCOC(=O)C=Cc1ccc(C(N)=NO)cc1C. The topological polar surface area (TPSA) is 84.9 Å². The molecule has 1 rings (SSSR count). The number of carbonyl (C=O) groups is 1. The van der Waals surface area contributed by atoms with Gasteiger partial charge in [-0.1, -0.05) is 17.3 Å². The van der Waals surface area contributed by atoms with Gasteiger partial charge in [0.15, 0.2) is 5.84 Å². The number of aryl methyl sites for hydroxylation is 1. The molecule has 96 valence electrons. The molecular weight excluding hydrogens is 232 g/mol. The summed E-state index contributed by atoms with van der Waals surface area (Å²) in [5.41, 5.74) is 7.90. The summed E-state index contributed by atoms with van der Waals surface area (Å²) < 4.78 is 4.78. The first-order valence-electron chi connectivity index (χ1n) is 5.52. The van der Waals surface area contributed by atoms with E-state index in [0.29, 0.717) is 12.2 Å². The normalized spacial score (nSPS) is 11.8. The Hall–Kier alpha value is -2.30. The molecule has 0 bridgehead atoms. The van der Waals surface area contributed by atoms with E-state index < -0.39 is 0 Å². The number of hydrogen-bond donors (Lipinski definition) is 2. The fourth-order valence-electron chi connectivity index (χ4n) is 1.43. The number of amidine groups is 1. The summed E-state index contributed by atoms with van der Waals surface area (Å²) in [6, 6.07) is 5.28. The second kappa shape index (κ2) is 6.44. The predicted octanol–water partition coefficient (Wildman–Crippen LogP) is 1.67. The van der Waals surface area contributed by atoms with E-state index in [9.17, 15) is 4.79 Å². The van der Waals surface area contributed by atoms with Crippen molar-refractivity contribution >= 4 is 17.9 Å². The molecule has 0 saturated carbocycles. The van der Waals surface area contributed by atoms with Gasteiger partial charge in [-0.3, -0.25) is 0 Å². The minimum atomic E-state index is -0.377. The van der Waals surface area contributed by atoms with Crippen molar-refractivity contribution in [2.75, 3.05) is 6.61 Å². The predicted molar refractivity (Wildman–Crippen MR) is 69.4 cm³/mol. The van der Waals surface area contributed by atoms with Crippen molar-refractivity contribution in [3.05, 3.63) is 41.0 Å². The lowest BCUT2D eigenvalue weighted by atomic mass is 10.0. The first-order chi connectivity index (χ1) is 8.58. The van der Waals surface area contributed by atoms with Gasteiger partial charge in [0, 0.05) is 11.6 Å². The van der Waals surface area contributed by atoms with Crippen LogP contribution in [0.4, 0.5) is 0 Å².